The van der Waals surface area contributed by atoms with Crippen molar-refractivity contribution in [1.82, 2.24) is 9.97 Å². The summed E-state index contributed by atoms with van der Waals surface area (Å²) in [5.41, 5.74) is 10.5. The van der Waals surface area contributed by atoms with Gasteiger partial charge in [-0.25, -0.2) is 4.99 Å². The van der Waals surface area contributed by atoms with Gasteiger partial charge in [0.25, 0.3) is 5.56 Å². The van der Waals surface area contributed by atoms with Gasteiger partial charge in [-0.15, -0.1) is 0 Å². The minimum atomic E-state index is -0.0858. The molecule has 0 spiro atoms. The number of fused-ring (bicyclic) bond motifs is 2. The molecule has 2 aliphatic carbocycles. The molecule has 0 radical (unpaired) electrons. The first kappa shape index (κ1) is 24.3. The Balaban J connectivity index is 1.26. The summed E-state index contributed by atoms with van der Waals surface area (Å²) in [5, 5.41) is 0. The molecule has 4 nitrogen and oxygen atoms in total. The molecule has 0 amide bonds. The Morgan fingerprint density at radius 3 is 2.84 bits per heavy atom. The van der Waals surface area contributed by atoms with Crippen LogP contribution in [0.4, 0.5) is 5.69 Å². The lowest BCUT2D eigenvalue weighted by Gasteiger charge is -2.22. The van der Waals surface area contributed by atoms with E-state index in [0.717, 1.165) is 60.5 Å². The monoisotopic (exact) mass is 499 g/mol. The van der Waals surface area contributed by atoms with Gasteiger partial charge in [-0.2, -0.15) is 0 Å². The number of aromatic nitrogens is 2. The van der Waals surface area contributed by atoms with Crippen LogP contribution in [0.3, 0.4) is 0 Å². The van der Waals surface area contributed by atoms with Gasteiger partial charge >= 0.3 is 0 Å². The average molecular weight is 500 g/mol. The molecule has 190 valence electrons. The molecule has 4 heteroatoms. The Labute approximate surface area is 224 Å². The summed E-state index contributed by atoms with van der Waals surface area (Å²) in [6.07, 6.45) is 16.2. The molecular weight excluding hydrogens is 466 g/mol. The first-order chi connectivity index (χ1) is 18.6. The number of nitrogens with one attached hydrogen (secondary N) is 1. The zero-order chi connectivity index (χ0) is 25.9. The quantitative estimate of drug-likeness (QED) is 0.293. The van der Waals surface area contributed by atoms with Crippen molar-refractivity contribution in [2.24, 2.45) is 4.99 Å². The predicted octanol–water partition coefficient (Wildman–Crippen LogP) is 7.63. The molecule has 0 saturated heterocycles. The maximum absolute atomic E-state index is 12.9. The third-order valence-electron chi connectivity index (χ3n) is 7.88. The molecule has 38 heavy (non-hydrogen) atoms. The van der Waals surface area contributed by atoms with Crippen LogP contribution in [0.25, 0.3) is 11.3 Å². The van der Waals surface area contributed by atoms with Crippen molar-refractivity contribution in [3.05, 3.63) is 129 Å². The first-order valence-corrected chi connectivity index (χ1v) is 13.7. The molecule has 0 bridgehead atoms. The number of aromatic amines is 1. The molecule has 1 atom stereocenters. The van der Waals surface area contributed by atoms with Crippen LogP contribution in [0.5, 0.6) is 0 Å². The Kier molecular flexibility index (Phi) is 6.87. The van der Waals surface area contributed by atoms with Crippen LogP contribution >= 0.6 is 0 Å². The fraction of sp³-hybridized carbons (Fsp3) is 0.265. The number of pyridine rings is 1. The van der Waals surface area contributed by atoms with Gasteiger partial charge in [0.15, 0.2) is 0 Å². The molecular formula is C34H33N3O. The van der Waals surface area contributed by atoms with Crippen molar-refractivity contribution >= 4 is 11.4 Å². The van der Waals surface area contributed by atoms with E-state index in [-0.39, 0.29) is 5.56 Å². The topological polar surface area (TPSA) is 58.1 Å². The zero-order valence-corrected chi connectivity index (χ0v) is 21.9. The van der Waals surface area contributed by atoms with Crippen LogP contribution in [-0.4, -0.2) is 15.7 Å². The lowest BCUT2D eigenvalue weighted by atomic mass is 9.84. The smallest absolute Gasteiger partial charge is 0.258 e. The maximum Gasteiger partial charge on any atom is 0.258 e. The number of H-pyrrole nitrogens is 1. The summed E-state index contributed by atoms with van der Waals surface area (Å²) in [5.74, 6) is 0.511. The van der Waals surface area contributed by atoms with E-state index < -0.39 is 0 Å². The number of hydrogen-bond donors (Lipinski definition) is 1. The average Bonchev–Trinajstić information content (AvgIpc) is 3.06. The van der Waals surface area contributed by atoms with E-state index in [1.807, 2.05) is 49.5 Å². The van der Waals surface area contributed by atoms with Gasteiger partial charge in [-0.3, -0.25) is 9.78 Å². The van der Waals surface area contributed by atoms with E-state index in [4.69, 9.17) is 4.99 Å². The third-order valence-corrected chi connectivity index (χ3v) is 7.88. The fourth-order valence-corrected chi connectivity index (χ4v) is 5.79. The summed E-state index contributed by atoms with van der Waals surface area (Å²) in [4.78, 5) is 25.5. The minimum absolute atomic E-state index is 0.0858. The molecule has 0 saturated carbocycles. The molecule has 2 aromatic rings. The van der Waals surface area contributed by atoms with E-state index in [2.05, 4.69) is 52.5 Å². The SMILES string of the molecule is Cc1ccc(CC2=CCCCC(c3ccc4c(c3)N=C(c3c5cccccc-5[nH]c3=O)C=CC4)CC2)cn1. The molecule has 4 aliphatic rings. The van der Waals surface area contributed by atoms with Crippen LogP contribution in [0.2, 0.25) is 0 Å². The van der Waals surface area contributed by atoms with Crippen LogP contribution < -0.4 is 5.56 Å². The Hall–Kier alpha value is -4.05. The second-order valence-corrected chi connectivity index (χ2v) is 10.6. The van der Waals surface area contributed by atoms with E-state index in [1.165, 1.54) is 35.1 Å². The molecule has 2 aliphatic heterocycles. The fourth-order valence-electron chi connectivity index (χ4n) is 5.79. The minimum Gasteiger partial charge on any atom is -0.321 e. The first-order valence-electron chi connectivity index (χ1n) is 13.7. The highest BCUT2D eigenvalue weighted by Gasteiger charge is 2.21. The molecule has 1 N–H and O–H groups in total. The number of hydrogen-bond acceptors (Lipinski definition) is 3. The van der Waals surface area contributed by atoms with Crippen LogP contribution in [0, 0.1) is 6.92 Å². The third kappa shape index (κ3) is 5.17. The standard InChI is InChI=1S/C34H33N3O/c1-23-14-15-25(22-35-23)20-24-8-5-6-9-26(17-16-24)28-19-18-27-10-7-13-31(36-32(27)21-28)33-29-11-3-2-4-12-30(29)37-34(33)38/h2-4,7-8,11-15,18-19,21-22,26H,5-6,9-10,16-17,20H2,1H3,(H,37,38). The maximum atomic E-state index is 12.9. The summed E-state index contributed by atoms with van der Waals surface area (Å²) in [7, 11) is 0. The van der Waals surface area contributed by atoms with E-state index in [1.54, 1.807) is 0 Å². The number of rotatable bonds is 4. The number of allylic oxidation sites excluding steroid dienone is 4. The molecule has 1 unspecified atom stereocenters. The Bertz CT molecular complexity index is 1570. The summed E-state index contributed by atoms with van der Waals surface area (Å²) >= 11 is 0. The van der Waals surface area contributed by atoms with Crippen molar-refractivity contribution in [2.45, 2.75) is 57.8 Å². The van der Waals surface area contributed by atoms with Gasteiger partial charge < -0.3 is 4.98 Å². The lowest BCUT2D eigenvalue weighted by molar-refractivity contribution is 0.538. The van der Waals surface area contributed by atoms with E-state index >= 15 is 0 Å². The van der Waals surface area contributed by atoms with Crippen molar-refractivity contribution in [2.75, 3.05) is 0 Å². The predicted molar refractivity (Wildman–Crippen MR) is 156 cm³/mol. The largest absolute Gasteiger partial charge is 0.321 e. The summed E-state index contributed by atoms with van der Waals surface area (Å²) in [6.45, 7) is 2.03. The number of benzene rings is 1. The molecule has 3 heterocycles. The van der Waals surface area contributed by atoms with E-state index in [9.17, 15) is 4.79 Å². The molecule has 1 aromatic carbocycles. The lowest BCUT2D eigenvalue weighted by Crippen LogP contribution is -2.11. The van der Waals surface area contributed by atoms with Crippen LogP contribution in [0.1, 0.15) is 66.0 Å². The van der Waals surface area contributed by atoms with Crippen LogP contribution in [-0.2, 0) is 12.8 Å². The van der Waals surface area contributed by atoms with Gasteiger partial charge in [0, 0.05) is 23.1 Å². The zero-order valence-electron chi connectivity index (χ0n) is 21.9. The van der Waals surface area contributed by atoms with Crippen molar-refractivity contribution < 1.29 is 0 Å². The summed E-state index contributed by atoms with van der Waals surface area (Å²) in [6, 6.07) is 21.0. The highest BCUT2D eigenvalue weighted by molar-refractivity contribution is 6.14. The number of aliphatic imine (C=N–C) groups is 1. The molecule has 0 fully saturated rings. The Morgan fingerprint density at radius 1 is 1.03 bits per heavy atom. The number of aryl methyl sites for hydroxylation is 1. The van der Waals surface area contributed by atoms with Gasteiger partial charge in [-0.1, -0.05) is 60.2 Å². The van der Waals surface area contributed by atoms with Crippen molar-refractivity contribution in [1.29, 1.82) is 0 Å². The van der Waals surface area contributed by atoms with Gasteiger partial charge in [0.05, 0.1) is 17.0 Å². The molecule has 1 aromatic heterocycles. The van der Waals surface area contributed by atoms with Crippen LogP contribution in [0.15, 0.2) is 100 Å². The molecule has 6 rings (SSSR count). The van der Waals surface area contributed by atoms with E-state index in [0.29, 0.717) is 11.5 Å². The highest BCUT2D eigenvalue weighted by atomic mass is 16.1. The van der Waals surface area contributed by atoms with Gasteiger partial charge in [-0.05, 0) is 98.8 Å². The normalized spacial score (nSPS) is 17.7. The number of nitrogens with zero attached hydrogens (tertiary/aromatic N) is 2. The second-order valence-electron chi connectivity index (χ2n) is 10.6. The second kappa shape index (κ2) is 10.7. The Morgan fingerprint density at radius 2 is 1.95 bits per heavy atom. The van der Waals surface area contributed by atoms with Gasteiger partial charge in [0.2, 0.25) is 0 Å². The summed E-state index contributed by atoms with van der Waals surface area (Å²) < 4.78 is 0. The van der Waals surface area contributed by atoms with Crippen molar-refractivity contribution in [3.63, 3.8) is 0 Å². The van der Waals surface area contributed by atoms with Gasteiger partial charge in [0.1, 0.15) is 0 Å². The van der Waals surface area contributed by atoms with Crippen molar-refractivity contribution in [3.8, 4) is 11.3 Å². The highest BCUT2D eigenvalue weighted by Crippen LogP contribution is 2.36.